The van der Waals surface area contributed by atoms with E-state index in [9.17, 15) is 15.2 Å². The van der Waals surface area contributed by atoms with E-state index in [1.807, 2.05) is 13.0 Å². The summed E-state index contributed by atoms with van der Waals surface area (Å²) in [4.78, 5) is 16.4. The van der Waals surface area contributed by atoms with E-state index in [-0.39, 0.29) is 29.8 Å². The minimum atomic E-state index is -1.55. The van der Waals surface area contributed by atoms with E-state index in [4.69, 9.17) is 44.9 Å². The Labute approximate surface area is 279 Å². The summed E-state index contributed by atoms with van der Waals surface area (Å²) in [6, 6.07) is 7.79. The van der Waals surface area contributed by atoms with E-state index in [1.165, 1.54) is 44.2 Å². The Morgan fingerprint density at radius 3 is 2.50 bits per heavy atom. The Balaban J connectivity index is 1.47. The van der Waals surface area contributed by atoms with Crippen molar-refractivity contribution in [3.63, 3.8) is 0 Å². The van der Waals surface area contributed by atoms with Crippen molar-refractivity contribution >= 4 is 23.0 Å². The molecule has 0 saturated carbocycles. The highest BCUT2D eigenvalue weighted by molar-refractivity contribution is 6.32. The number of rotatable bonds is 9. The van der Waals surface area contributed by atoms with E-state index < -0.39 is 16.4 Å². The number of methoxy groups -OCH3 is 4. The number of halogens is 1. The molecule has 3 aromatic carbocycles. The molecular weight excluding hydrogens is 650 g/mol. The maximum Gasteiger partial charge on any atom is 0.288 e. The molecule has 0 unspecified atom stereocenters. The number of oxime groups is 1. The van der Waals surface area contributed by atoms with Crippen molar-refractivity contribution in [1.29, 1.82) is 0 Å². The van der Waals surface area contributed by atoms with Crippen molar-refractivity contribution in [3.8, 4) is 51.3 Å². The molecule has 0 bridgehead atoms. The number of benzene rings is 3. The molecule has 0 amide bonds. The molecule has 16 heteroatoms. The minimum absolute atomic E-state index is 0.0280. The zero-order valence-electron chi connectivity index (χ0n) is 26.9. The second kappa shape index (κ2) is 12.7. The van der Waals surface area contributed by atoms with Crippen LogP contribution in [-0.4, -0.2) is 71.6 Å². The van der Waals surface area contributed by atoms with Crippen molar-refractivity contribution in [2.24, 2.45) is 11.1 Å². The number of ether oxygens (including phenoxy) is 6. The molecule has 0 fully saturated rings. The molecule has 48 heavy (non-hydrogen) atoms. The van der Waals surface area contributed by atoms with Gasteiger partial charge in [0.05, 0.1) is 45.2 Å². The first-order valence-corrected chi connectivity index (χ1v) is 15.0. The number of hydrogen-bond acceptors (Lipinski definition) is 13. The fourth-order valence-corrected chi connectivity index (χ4v) is 6.14. The summed E-state index contributed by atoms with van der Waals surface area (Å²) in [5.41, 5.74) is 1.67. The predicted octanol–water partition coefficient (Wildman–Crippen LogP) is 5.12. The largest absolute Gasteiger partial charge is 0.493 e. The van der Waals surface area contributed by atoms with E-state index in [0.29, 0.717) is 69.0 Å². The molecule has 1 aliphatic carbocycles. The van der Waals surface area contributed by atoms with Gasteiger partial charge in [-0.15, -0.1) is 5.10 Å². The third-order valence-corrected chi connectivity index (χ3v) is 8.81. The summed E-state index contributed by atoms with van der Waals surface area (Å²) in [6.45, 7) is 3.46. The fraction of sp³-hybridized carbons (Fsp3) is 0.344. The van der Waals surface area contributed by atoms with E-state index >= 15 is 0 Å². The smallest absolute Gasteiger partial charge is 0.288 e. The molecule has 252 valence electrons. The van der Waals surface area contributed by atoms with Gasteiger partial charge < -0.3 is 38.4 Å². The zero-order valence-corrected chi connectivity index (χ0v) is 27.7. The number of nitrogens with zero attached hydrogens (tertiary/aromatic N) is 5. The normalized spacial score (nSPS) is 18.8. The van der Waals surface area contributed by atoms with Crippen LogP contribution in [0.5, 0.6) is 34.5 Å². The Morgan fingerprint density at radius 2 is 1.83 bits per heavy atom. The van der Waals surface area contributed by atoms with Gasteiger partial charge >= 0.3 is 0 Å². The maximum absolute atomic E-state index is 12.2. The van der Waals surface area contributed by atoms with Gasteiger partial charge in [-0.05, 0) is 49.1 Å². The van der Waals surface area contributed by atoms with Crippen LogP contribution in [0.3, 0.4) is 0 Å². The van der Waals surface area contributed by atoms with Crippen molar-refractivity contribution < 1.29 is 43.3 Å². The van der Waals surface area contributed by atoms with Crippen molar-refractivity contribution in [2.45, 2.75) is 32.5 Å². The SMILES string of the molecule is COc1cc2c(c(OC)c1OC)-c1c(cc3c(c1OC)OCO3)C[C@H](C)[C@@](C)(O)/C2=N/OCc1cn(-c2ccc([N+](=O)[O-])c(Cl)c2)nn1. The summed E-state index contributed by atoms with van der Waals surface area (Å²) in [6.07, 6.45) is 1.96. The van der Waals surface area contributed by atoms with Crippen LogP contribution in [0.4, 0.5) is 5.69 Å². The van der Waals surface area contributed by atoms with Gasteiger partial charge in [-0.25, -0.2) is 4.68 Å². The van der Waals surface area contributed by atoms with E-state index in [1.54, 1.807) is 26.3 Å². The lowest BCUT2D eigenvalue weighted by atomic mass is 9.73. The summed E-state index contributed by atoms with van der Waals surface area (Å²) in [5.74, 6) is 1.95. The Hall–Kier alpha value is -5.28. The molecule has 0 saturated heterocycles. The Morgan fingerprint density at radius 1 is 1.08 bits per heavy atom. The lowest BCUT2D eigenvalue weighted by Crippen LogP contribution is -2.44. The van der Waals surface area contributed by atoms with Gasteiger partial charge in [0.15, 0.2) is 29.6 Å². The van der Waals surface area contributed by atoms with Crippen LogP contribution in [0.15, 0.2) is 41.7 Å². The van der Waals surface area contributed by atoms with Crippen molar-refractivity contribution in [2.75, 3.05) is 35.2 Å². The molecule has 2 atom stereocenters. The molecule has 1 N–H and O–H groups in total. The quantitative estimate of drug-likeness (QED) is 0.183. The highest BCUT2D eigenvalue weighted by Crippen LogP contribution is 2.57. The van der Waals surface area contributed by atoms with Crippen LogP contribution >= 0.6 is 11.6 Å². The molecule has 4 aromatic rings. The van der Waals surface area contributed by atoms with Gasteiger partial charge in [0.25, 0.3) is 5.69 Å². The highest BCUT2D eigenvalue weighted by atomic mass is 35.5. The Bertz CT molecular complexity index is 1940. The number of nitro benzene ring substituents is 1. The molecule has 2 heterocycles. The van der Waals surface area contributed by atoms with Crippen molar-refractivity contribution in [1.82, 2.24) is 15.0 Å². The standard InChI is InChI=1S/C32H32ClN5O10/c1-16-9-17-10-24-28(47-15-46-24)29(44-5)25(17)26-20(12-23(42-3)27(43-4)30(26)45-6)31(32(16,2)39)35-48-14-18-13-37(36-34-18)19-7-8-22(38(40)41)21(33)11-19/h7-8,10-13,16,39H,9,14-15H2,1-6H3/b35-31+/t16-,32+/m0/s1. The average Bonchev–Trinajstić information content (AvgIpc) is 3.74. The summed E-state index contributed by atoms with van der Waals surface area (Å²) in [7, 11) is 6.04. The molecule has 15 nitrogen and oxygen atoms in total. The lowest BCUT2D eigenvalue weighted by molar-refractivity contribution is -0.384. The second-order valence-electron chi connectivity index (χ2n) is 11.3. The topological polar surface area (TPSA) is 171 Å². The second-order valence-corrected chi connectivity index (χ2v) is 11.7. The van der Waals surface area contributed by atoms with Gasteiger partial charge in [0.1, 0.15) is 22.0 Å². The van der Waals surface area contributed by atoms with E-state index in [0.717, 1.165) is 5.56 Å². The maximum atomic E-state index is 12.2. The summed E-state index contributed by atoms with van der Waals surface area (Å²) < 4.78 is 36.3. The number of aliphatic hydroxyl groups is 1. The van der Waals surface area contributed by atoms with Crippen molar-refractivity contribution in [3.05, 3.63) is 68.5 Å². The summed E-state index contributed by atoms with van der Waals surface area (Å²) in [5, 5.41) is 36.0. The molecule has 1 aliphatic heterocycles. The fourth-order valence-electron chi connectivity index (χ4n) is 5.90. The molecule has 1 aromatic heterocycles. The molecule has 2 aliphatic rings. The summed E-state index contributed by atoms with van der Waals surface area (Å²) >= 11 is 6.08. The van der Waals surface area contributed by atoms with Crippen LogP contribution in [-0.2, 0) is 17.9 Å². The van der Waals surface area contributed by atoms with Gasteiger partial charge in [-0.1, -0.05) is 28.9 Å². The van der Waals surface area contributed by atoms with Gasteiger partial charge in [0, 0.05) is 22.8 Å². The lowest BCUT2D eigenvalue weighted by Gasteiger charge is -2.36. The molecule has 0 spiro atoms. The first kappa shape index (κ1) is 32.7. The third-order valence-electron chi connectivity index (χ3n) is 8.51. The van der Waals surface area contributed by atoms with Crippen LogP contribution in [0.2, 0.25) is 5.02 Å². The van der Waals surface area contributed by atoms with Crippen LogP contribution < -0.4 is 28.4 Å². The monoisotopic (exact) mass is 681 g/mol. The average molecular weight is 682 g/mol. The van der Waals surface area contributed by atoms with Gasteiger partial charge in [0.2, 0.25) is 18.3 Å². The highest BCUT2D eigenvalue weighted by Gasteiger charge is 2.43. The molecular formula is C32H32ClN5O10. The number of fused-ring (bicyclic) bond motifs is 4. The zero-order chi connectivity index (χ0) is 34.3. The molecule has 0 radical (unpaired) electrons. The van der Waals surface area contributed by atoms with Crippen LogP contribution in [0, 0.1) is 16.0 Å². The minimum Gasteiger partial charge on any atom is -0.493 e. The van der Waals surface area contributed by atoms with E-state index in [2.05, 4.69) is 15.5 Å². The van der Waals surface area contributed by atoms with Gasteiger partial charge in [-0.2, -0.15) is 0 Å². The predicted molar refractivity (Wildman–Crippen MR) is 172 cm³/mol. The number of aromatic nitrogens is 3. The van der Waals surface area contributed by atoms with Gasteiger partial charge in [-0.3, -0.25) is 10.1 Å². The number of nitro groups is 1. The Kier molecular flexibility index (Phi) is 8.66. The number of hydrogen-bond donors (Lipinski definition) is 1. The first-order valence-electron chi connectivity index (χ1n) is 14.6. The first-order chi connectivity index (χ1) is 23.0. The van der Waals surface area contributed by atoms with Crippen LogP contribution in [0.25, 0.3) is 16.8 Å². The van der Waals surface area contributed by atoms with Crippen LogP contribution in [0.1, 0.15) is 30.7 Å². The molecule has 6 rings (SSSR count). The third kappa shape index (κ3) is 5.44.